The molecule has 4 aromatic carbocycles. The molecule has 0 radical (unpaired) electrons. The van der Waals surface area contributed by atoms with Crippen LogP contribution in [0.25, 0.3) is 10.8 Å². The second-order valence-electron chi connectivity index (χ2n) is 7.80. The molecular formula is C28H22ClN3O5. The molecule has 0 aliphatic carbocycles. The van der Waals surface area contributed by atoms with Gasteiger partial charge in [-0.25, -0.2) is 10.2 Å². The first-order valence-electron chi connectivity index (χ1n) is 11.2. The number of nitrogens with zero attached hydrogens (tertiary/aromatic N) is 1. The van der Waals surface area contributed by atoms with Crippen LogP contribution in [0.1, 0.15) is 26.3 Å². The molecule has 4 rings (SSSR count). The van der Waals surface area contributed by atoms with Crippen LogP contribution in [-0.4, -0.2) is 37.7 Å². The van der Waals surface area contributed by atoms with Crippen LogP contribution in [0.3, 0.4) is 0 Å². The Balaban J connectivity index is 1.44. The van der Waals surface area contributed by atoms with Gasteiger partial charge in [-0.3, -0.25) is 9.59 Å². The normalized spacial score (nSPS) is 10.8. The molecule has 0 heterocycles. The molecule has 2 amide bonds. The maximum Gasteiger partial charge on any atom is 0.343 e. The molecule has 37 heavy (non-hydrogen) atoms. The van der Waals surface area contributed by atoms with Crippen LogP contribution in [0.4, 0.5) is 0 Å². The van der Waals surface area contributed by atoms with Crippen molar-refractivity contribution in [3.05, 3.63) is 107 Å². The first-order chi connectivity index (χ1) is 17.9. The number of carbonyl (C=O) groups excluding carboxylic acids is 3. The van der Waals surface area contributed by atoms with Crippen molar-refractivity contribution in [2.24, 2.45) is 5.10 Å². The van der Waals surface area contributed by atoms with Crippen molar-refractivity contribution in [3.63, 3.8) is 0 Å². The molecule has 0 bridgehead atoms. The second-order valence-corrected chi connectivity index (χ2v) is 8.24. The molecule has 0 atom stereocenters. The minimum atomic E-state index is -0.563. The van der Waals surface area contributed by atoms with Crippen molar-refractivity contribution in [1.29, 1.82) is 0 Å². The van der Waals surface area contributed by atoms with Gasteiger partial charge < -0.3 is 14.8 Å². The summed E-state index contributed by atoms with van der Waals surface area (Å²) in [6, 6.07) is 23.8. The Labute approximate surface area is 217 Å². The fourth-order valence-electron chi connectivity index (χ4n) is 3.46. The lowest BCUT2D eigenvalue weighted by atomic mass is 10.0. The van der Waals surface area contributed by atoms with Gasteiger partial charge in [-0.05, 0) is 65.4 Å². The Morgan fingerprint density at radius 1 is 0.892 bits per heavy atom. The van der Waals surface area contributed by atoms with Gasteiger partial charge in [0.1, 0.15) is 11.5 Å². The van der Waals surface area contributed by atoms with Crippen molar-refractivity contribution in [1.82, 2.24) is 10.7 Å². The van der Waals surface area contributed by atoms with E-state index in [1.807, 2.05) is 30.3 Å². The molecule has 4 aromatic rings. The fourth-order valence-corrected chi connectivity index (χ4v) is 3.58. The number of amides is 2. The summed E-state index contributed by atoms with van der Waals surface area (Å²) in [5.41, 5.74) is 3.61. The van der Waals surface area contributed by atoms with Crippen LogP contribution in [0.2, 0.25) is 5.02 Å². The van der Waals surface area contributed by atoms with Crippen LogP contribution in [-0.2, 0) is 4.79 Å². The van der Waals surface area contributed by atoms with Gasteiger partial charge in [0, 0.05) is 16.1 Å². The quantitative estimate of drug-likeness (QED) is 0.154. The number of carbonyl (C=O) groups is 3. The third-order valence-corrected chi connectivity index (χ3v) is 5.61. The summed E-state index contributed by atoms with van der Waals surface area (Å²) in [7, 11) is 1.53. The van der Waals surface area contributed by atoms with Gasteiger partial charge in [-0.15, -0.1) is 0 Å². The summed E-state index contributed by atoms with van der Waals surface area (Å²) >= 11 is 5.90. The number of hydrogen-bond acceptors (Lipinski definition) is 6. The number of fused-ring (bicyclic) bond motifs is 1. The predicted octanol–water partition coefficient (Wildman–Crippen LogP) is 4.60. The third-order valence-electron chi connectivity index (χ3n) is 5.36. The van der Waals surface area contributed by atoms with E-state index in [9.17, 15) is 14.4 Å². The highest BCUT2D eigenvalue weighted by Gasteiger charge is 2.14. The number of nitrogens with one attached hydrogen (secondary N) is 2. The zero-order valence-electron chi connectivity index (χ0n) is 19.7. The van der Waals surface area contributed by atoms with E-state index in [4.69, 9.17) is 21.1 Å². The van der Waals surface area contributed by atoms with E-state index in [1.165, 1.54) is 13.3 Å². The second kappa shape index (κ2) is 11.8. The predicted molar refractivity (Wildman–Crippen MR) is 141 cm³/mol. The Kier molecular flexibility index (Phi) is 8.12. The zero-order valence-corrected chi connectivity index (χ0v) is 20.5. The van der Waals surface area contributed by atoms with E-state index in [0.717, 1.165) is 10.8 Å². The lowest BCUT2D eigenvalue weighted by molar-refractivity contribution is -0.120. The molecule has 0 spiro atoms. The molecular weight excluding hydrogens is 494 g/mol. The molecule has 9 heteroatoms. The topological polar surface area (TPSA) is 106 Å². The number of hydrazone groups is 1. The van der Waals surface area contributed by atoms with E-state index in [1.54, 1.807) is 54.6 Å². The third kappa shape index (κ3) is 6.50. The first kappa shape index (κ1) is 25.4. The number of hydrogen-bond donors (Lipinski definition) is 2. The highest BCUT2D eigenvalue weighted by atomic mass is 35.5. The number of esters is 1. The van der Waals surface area contributed by atoms with Crippen molar-refractivity contribution >= 4 is 46.4 Å². The number of benzene rings is 4. The summed E-state index contributed by atoms with van der Waals surface area (Å²) in [5.74, 6) is -0.614. The van der Waals surface area contributed by atoms with E-state index in [-0.39, 0.29) is 12.3 Å². The van der Waals surface area contributed by atoms with Crippen LogP contribution in [0, 0.1) is 0 Å². The van der Waals surface area contributed by atoms with E-state index >= 15 is 0 Å². The molecule has 2 N–H and O–H groups in total. The maximum atomic E-state index is 12.7. The highest BCUT2D eigenvalue weighted by Crippen LogP contribution is 2.27. The van der Waals surface area contributed by atoms with Crippen molar-refractivity contribution in [2.75, 3.05) is 13.7 Å². The Hall–Kier alpha value is -4.69. The highest BCUT2D eigenvalue weighted by molar-refractivity contribution is 6.30. The molecule has 0 saturated carbocycles. The van der Waals surface area contributed by atoms with Crippen LogP contribution >= 0.6 is 11.6 Å². The van der Waals surface area contributed by atoms with Crippen molar-refractivity contribution in [2.45, 2.75) is 0 Å². The molecule has 0 saturated heterocycles. The largest absolute Gasteiger partial charge is 0.497 e. The minimum absolute atomic E-state index is 0.268. The Morgan fingerprint density at radius 3 is 2.32 bits per heavy atom. The first-order valence-corrected chi connectivity index (χ1v) is 11.6. The Morgan fingerprint density at radius 2 is 1.59 bits per heavy atom. The molecule has 0 aromatic heterocycles. The van der Waals surface area contributed by atoms with Gasteiger partial charge in [-0.1, -0.05) is 41.9 Å². The average Bonchev–Trinajstić information content (AvgIpc) is 2.93. The van der Waals surface area contributed by atoms with E-state index in [2.05, 4.69) is 15.8 Å². The average molecular weight is 516 g/mol. The monoisotopic (exact) mass is 515 g/mol. The number of ether oxygens (including phenoxy) is 2. The van der Waals surface area contributed by atoms with Gasteiger partial charge in [-0.2, -0.15) is 5.10 Å². The van der Waals surface area contributed by atoms with Crippen molar-refractivity contribution < 1.29 is 23.9 Å². The van der Waals surface area contributed by atoms with Gasteiger partial charge in [0.25, 0.3) is 11.8 Å². The Bertz CT molecular complexity index is 1470. The summed E-state index contributed by atoms with van der Waals surface area (Å²) < 4.78 is 10.7. The van der Waals surface area contributed by atoms with Gasteiger partial charge in [0.15, 0.2) is 0 Å². The van der Waals surface area contributed by atoms with Gasteiger partial charge in [0.2, 0.25) is 0 Å². The van der Waals surface area contributed by atoms with E-state index < -0.39 is 17.8 Å². The zero-order chi connectivity index (χ0) is 26.2. The molecule has 0 aliphatic rings. The van der Waals surface area contributed by atoms with Gasteiger partial charge >= 0.3 is 5.97 Å². The summed E-state index contributed by atoms with van der Waals surface area (Å²) in [4.78, 5) is 37.2. The number of methoxy groups -OCH3 is 1. The molecule has 8 nitrogen and oxygen atoms in total. The minimum Gasteiger partial charge on any atom is -0.497 e. The molecule has 0 unspecified atom stereocenters. The van der Waals surface area contributed by atoms with Crippen LogP contribution in [0.15, 0.2) is 90.0 Å². The lowest BCUT2D eigenvalue weighted by Crippen LogP contribution is -2.34. The summed E-state index contributed by atoms with van der Waals surface area (Å²) in [5, 5.41) is 8.72. The van der Waals surface area contributed by atoms with Crippen molar-refractivity contribution in [3.8, 4) is 11.5 Å². The number of halogens is 1. The number of rotatable bonds is 8. The van der Waals surface area contributed by atoms with Crippen LogP contribution in [0.5, 0.6) is 11.5 Å². The summed E-state index contributed by atoms with van der Waals surface area (Å²) in [6.45, 7) is -0.282. The van der Waals surface area contributed by atoms with Crippen LogP contribution < -0.4 is 20.2 Å². The van der Waals surface area contributed by atoms with Gasteiger partial charge in [0.05, 0.1) is 25.4 Å². The standard InChI is InChI=1S/C28H22ClN3O5/c1-36-22-13-8-19(9-14-22)27(34)30-17-26(33)32-31-16-24-23-5-3-2-4-18(23)10-15-25(24)37-28(35)20-6-11-21(29)12-7-20/h2-16H,17H2,1H3,(H,30,34)(H,32,33). The summed E-state index contributed by atoms with van der Waals surface area (Å²) in [6.07, 6.45) is 1.40. The maximum absolute atomic E-state index is 12.7. The van der Waals surface area contributed by atoms with E-state index in [0.29, 0.717) is 27.5 Å². The molecule has 0 aliphatic heterocycles. The molecule has 0 fully saturated rings. The lowest BCUT2D eigenvalue weighted by Gasteiger charge is -2.11. The SMILES string of the molecule is COc1ccc(C(=O)NCC(=O)NN=Cc2c(OC(=O)c3ccc(Cl)cc3)ccc3ccccc23)cc1. The fraction of sp³-hybridized carbons (Fsp3) is 0.0714. The smallest absolute Gasteiger partial charge is 0.343 e. The molecule has 186 valence electrons.